The second-order valence-corrected chi connectivity index (χ2v) is 9.81. The van der Waals surface area contributed by atoms with Gasteiger partial charge in [0.05, 0.1) is 0 Å². The van der Waals surface area contributed by atoms with Gasteiger partial charge in [0.1, 0.15) is 0 Å². The quantitative estimate of drug-likeness (QED) is 0.801. The first kappa shape index (κ1) is 14.9. The smallest absolute Gasteiger partial charge is 0.215 e. The number of hydrogen-bond acceptors (Lipinski definition) is 1. The third-order valence-electron chi connectivity index (χ3n) is 4.55. The Hall–Kier alpha value is -2.06. The maximum absolute atomic E-state index is 3.91. The minimum Gasteiger partial charge on any atom is -0.403 e. The fourth-order valence-corrected chi connectivity index (χ4v) is 7.54. The van der Waals surface area contributed by atoms with E-state index < -0.39 is 8.24 Å². The highest BCUT2D eigenvalue weighted by Crippen LogP contribution is 2.33. The Morgan fingerprint density at radius 2 is 1.45 bits per heavy atom. The molecule has 0 amide bonds. The topological polar surface area (TPSA) is 12.0 Å². The molecule has 0 bridgehead atoms. The third-order valence-corrected chi connectivity index (χ3v) is 8.65. The number of para-hydroxylation sites is 1. The molecule has 0 saturated carbocycles. The first-order valence-corrected chi connectivity index (χ1v) is 10.4. The Morgan fingerprint density at radius 1 is 0.864 bits per heavy atom. The molecular formula is C20H23NSi. The van der Waals surface area contributed by atoms with Gasteiger partial charge in [0, 0.05) is 5.69 Å². The lowest BCUT2D eigenvalue weighted by atomic mass is 10.3. The average molecular weight is 305 g/mol. The molecule has 22 heavy (non-hydrogen) atoms. The summed E-state index contributed by atoms with van der Waals surface area (Å²) in [5.74, 6) is 0. The van der Waals surface area contributed by atoms with Crippen molar-refractivity contribution in [1.29, 1.82) is 0 Å². The zero-order valence-corrected chi connectivity index (χ0v) is 14.6. The summed E-state index contributed by atoms with van der Waals surface area (Å²) in [5, 5.41) is 2.99. The Kier molecular flexibility index (Phi) is 4.03. The second kappa shape index (κ2) is 5.97. The maximum atomic E-state index is 3.91. The van der Waals surface area contributed by atoms with Crippen molar-refractivity contribution in [3.8, 4) is 0 Å². The van der Waals surface area contributed by atoms with Crippen LogP contribution in [0.2, 0.25) is 6.55 Å². The lowest BCUT2D eigenvalue weighted by molar-refractivity contribution is 1.24. The van der Waals surface area contributed by atoms with E-state index in [1.807, 2.05) is 0 Å². The predicted molar refractivity (Wildman–Crippen MR) is 98.8 cm³/mol. The van der Waals surface area contributed by atoms with Crippen molar-refractivity contribution in [3.63, 3.8) is 0 Å². The first-order valence-electron chi connectivity index (χ1n) is 7.87. The lowest BCUT2D eigenvalue weighted by Crippen LogP contribution is -2.55. The number of allylic oxidation sites excluding steroid dienone is 4. The van der Waals surface area contributed by atoms with E-state index in [2.05, 4.69) is 92.1 Å². The van der Waals surface area contributed by atoms with Gasteiger partial charge in [-0.15, -0.1) is 0 Å². The van der Waals surface area contributed by atoms with Gasteiger partial charge in [0.2, 0.25) is 8.24 Å². The van der Waals surface area contributed by atoms with Crippen LogP contribution in [0.4, 0.5) is 5.69 Å². The van der Waals surface area contributed by atoms with Crippen molar-refractivity contribution in [3.05, 3.63) is 83.1 Å². The number of anilines is 1. The molecular weight excluding hydrogens is 282 g/mol. The van der Waals surface area contributed by atoms with Gasteiger partial charge in [-0.1, -0.05) is 65.8 Å². The van der Waals surface area contributed by atoms with E-state index in [-0.39, 0.29) is 0 Å². The molecule has 1 N–H and O–H groups in total. The zero-order chi connectivity index (χ0) is 15.6. The Bertz CT molecular complexity index is 716. The summed E-state index contributed by atoms with van der Waals surface area (Å²) in [4.78, 5) is 3.91. The van der Waals surface area contributed by atoms with Gasteiger partial charge in [-0.2, -0.15) is 0 Å². The number of nitrogens with one attached hydrogen (secondary N) is 1. The molecule has 0 heterocycles. The number of hydrogen-bond donors (Lipinski definition) is 1. The van der Waals surface area contributed by atoms with Crippen LogP contribution in [0.25, 0.3) is 0 Å². The van der Waals surface area contributed by atoms with Crippen LogP contribution in [0.15, 0.2) is 83.1 Å². The van der Waals surface area contributed by atoms with Gasteiger partial charge >= 0.3 is 0 Å². The summed E-state index contributed by atoms with van der Waals surface area (Å²) < 4.78 is 0. The van der Waals surface area contributed by atoms with Gasteiger partial charge in [-0.25, -0.2) is 0 Å². The molecule has 1 aliphatic rings. The highest BCUT2D eigenvalue weighted by atomic mass is 28.3. The molecule has 1 atom stereocenters. The van der Waals surface area contributed by atoms with Crippen LogP contribution in [0.5, 0.6) is 0 Å². The van der Waals surface area contributed by atoms with E-state index in [0.717, 1.165) is 6.42 Å². The minimum atomic E-state index is -2.00. The van der Waals surface area contributed by atoms with E-state index >= 15 is 0 Å². The predicted octanol–water partition coefficient (Wildman–Crippen LogP) is 4.79. The van der Waals surface area contributed by atoms with Gasteiger partial charge in [0.25, 0.3) is 0 Å². The highest BCUT2D eigenvalue weighted by Gasteiger charge is 2.38. The number of rotatable bonds is 4. The Balaban J connectivity index is 2.11. The molecule has 1 nitrogen and oxygen atoms in total. The van der Waals surface area contributed by atoms with E-state index in [0.29, 0.717) is 0 Å². The van der Waals surface area contributed by atoms with E-state index in [1.165, 1.54) is 22.0 Å². The molecule has 0 aromatic heterocycles. The van der Waals surface area contributed by atoms with Crippen LogP contribution in [0.3, 0.4) is 0 Å². The van der Waals surface area contributed by atoms with Gasteiger partial charge in [-0.05, 0) is 49.3 Å². The fourth-order valence-electron chi connectivity index (χ4n) is 3.53. The second-order valence-electron chi connectivity index (χ2n) is 6.23. The monoisotopic (exact) mass is 305 g/mol. The maximum Gasteiger partial charge on any atom is 0.215 e. The normalized spacial score (nSPS) is 17.1. The van der Waals surface area contributed by atoms with Crippen molar-refractivity contribution in [2.75, 3.05) is 4.98 Å². The first-order chi connectivity index (χ1) is 10.6. The van der Waals surface area contributed by atoms with Gasteiger partial charge < -0.3 is 4.98 Å². The molecule has 0 aliphatic heterocycles. The minimum absolute atomic E-state index is 1.09. The van der Waals surface area contributed by atoms with Crippen molar-refractivity contribution in [2.45, 2.75) is 26.8 Å². The van der Waals surface area contributed by atoms with E-state index in [9.17, 15) is 0 Å². The molecule has 0 spiro atoms. The molecule has 3 rings (SSSR count). The van der Waals surface area contributed by atoms with Crippen molar-refractivity contribution in [2.24, 2.45) is 0 Å². The SMILES string of the molecule is CC1=CCC(C)=C1[Si](C)(Nc1ccccc1)c1ccccc1. The lowest BCUT2D eigenvalue weighted by Gasteiger charge is -2.33. The Morgan fingerprint density at radius 3 is 2.00 bits per heavy atom. The molecule has 1 aliphatic carbocycles. The largest absolute Gasteiger partial charge is 0.403 e. The van der Waals surface area contributed by atoms with Gasteiger partial charge in [0.15, 0.2) is 0 Å². The summed E-state index contributed by atoms with van der Waals surface area (Å²) in [5.41, 5.74) is 4.17. The summed E-state index contributed by atoms with van der Waals surface area (Å²) in [6.45, 7) is 6.96. The van der Waals surface area contributed by atoms with Crippen LogP contribution in [0.1, 0.15) is 20.3 Å². The summed E-state index contributed by atoms with van der Waals surface area (Å²) in [6, 6.07) is 21.5. The summed E-state index contributed by atoms with van der Waals surface area (Å²) >= 11 is 0. The standard InChI is InChI=1S/C20H23NSi/c1-16-14-15-17(2)20(16)22(3,19-12-8-5-9-13-19)21-18-10-6-4-7-11-18/h4-14,21H,15H2,1-3H3. The molecule has 0 radical (unpaired) electrons. The van der Waals surface area contributed by atoms with E-state index in [4.69, 9.17) is 0 Å². The number of benzene rings is 2. The molecule has 1 unspecified atom stereocenters. The third kappa shape index (κ3) is 2.67. The molecule has 2 aromatic rings. The van der Waals surface area contributed by atoms with Crippen molar-refractivity contribution in [1.82, 2.24) is 0 Å². The summed E-state index contributed by atoms with van der Waals surface area (Å²) in [6.07, 6.45) is 3.46. The zero-order valence-electron chi connectivity index (χ0n) is 13.6. The van der Waals surface area contributed by atoms with Gasteiger partial charge in [-0.3, -0.25) is 0 Å². The molecule has 0 fully saturated rings. The fraction of sp³-hybridized carbons (Fsp3) is 0.200. The average Bonchev–Trinajstić information content (AvgIpc) is 2.88. The van der Waals surface area contributed by atoms with Crippen LogP contribution >= 0.6 is 0 Å². The van der Waals surface area contributed by atoms with Crippen LogP contribution < -0.4 is 10.2 Å². The van der Waals surface area contributed by atoms with Crippen molar-refractivity contribution < 1.29 is 0 Å². The van der Waals surface area contributed by atoms with Crippen molar-refractivity contribution >= 4 is 19.1 Å². The highest BCUT2D eigenvalue weighted by molar-refractivity contribution is 6.99. The molecule has 112 valence electrons. The molecule has 2 aromatic carbocycles. The van der Waals surface area contributed by atoms with Crippen LogP contribution in [0, 0.1) is 0 Å². The van der Waals surface area contributed by atoms with E-state index in [1.54, 1.807) is 5.20 Å². The van der Waals surface area contributed by atoms with Crippen LogP contribution in [-0.4, -0.2) is 8.24 Å². The molecule has 0 saturated heterocycles. The van der Waals surface area contributed by atoms with Crippen LogP contribution in [-0.2, 0) is 0 Å². The molecule has 2 heteroatoms. The Labute approximate surface area is 134 Å². The summed E-state index contributed by atoms with van der Waals surface area (Å²) in [7, 11) is -2.00.